The summed E-state index contributed by atoms with van der Waals surface area (Å²) in [7, 11) is -4.55. The molecule has 11 nitrogen and oxygen atoms in total. The highest BCUT2D eigenvalue weighted by molar-refractivity contribution is 7.92. The zero-order valence-corrected chi connectivity index (χ0v) is 23.0. The largest absolute Gasteiger partial charge is 0.465 e. The highest BCUT2D eigenvalue weighted by Crippen LogP contribution is 2.40. The van der Waals surface area contributed by atoms with E-state index in [4.69, 9.17) is 0 Å². The van der Waals surface area contributed by atoms with Crippen molar-refractivity contribution < 1.29 is 36.3 Å². The molecule has 2 saturated heterocycles. The van der Waals surface area contributed by atoms with Crippen LogP contribution in [-0.4, -0.2) is 76.7 Å². The van der Waals surface area contributed by atoms with E-state index in [1.807, 2.05) is 0 Å². The predicted molar refractivity (Wildman–Crippen MR) is 139 cm³/mol. The van der Waals surface area contributed by atoms with Gasteiger partial charge >= 0.3 is 12.3 Å². The lowest BCUT2D eigenvalue weighted by Gasteiger charge is -2.33. The average molecular weight is 595 g/mol. The van der Waals surface area contributed by atoms with E-state index in [1.165, 1.54) is 11.0 Å². The molecule has 5 rings (SSSR count). The Balaban J connectivity index is 1.51. The number of anilines is 1. The average Bonchev–Trinajstić information content (AvgIpc) is 3.36. The number of carboxylic acid groups (broad SMARTS) is 1. The molecule has 1 saturated carbocycles. The van der Waals surface area contributed by atoms with Gasteiger partial charge in [0.05, 0.1) is 33.5 Å². The van der Waals surface area contributed by atoms with Crippen LogP contribution in [0.3, 0.4) is 0 Å². The second-order valence-corrected chi connectivity index (χ2v) is 13.0. The van der Waals surface area contributed by atoms with Gasteiger partial charge < -0.3 is 20.2 Å². The number of benzene rings is 1. The van der Waals surface area contributed by atoms with Gasteiger partial charge in [-0.25, -0.2) is 17.9 Å². The molecule has 2 aliphatic heterocycles. The van der Waals surface area contributed by atoms with E-state index < -0.39 is 55.3 Å². The lowest BCUT2D eigenvalue weighted by Crippen LogP contribution is -2.48. The first-order valence-corrected chi connectivity index (χ1v) is 14.7. The van der Waals surface area contributed by atoms with Gasteiger partial charge in [-0.3, -0.25) is 4.79 Å². The number of alkyl halides is 3. The highest BCUT2D eigenvalue weighted by Gasteiger charge is 2.51. The summed E-state index contributed by atoms with van der Waals surface area (Å²) in [6.45, 7) is 1.97. The first-order chi connectivity index (χ1) is 19.3. The van der Waals surface area contributed by atoms with E-state index in [2.05, 4.69) is 16.5 Å². The summed E-state index contributed by atoms with van der Waals surface area (Å²) in [6.07, 6.45) is -4.46. The number of aryl methyl sites for hydroxylation is 1. The van der Waals surface area contributed by atoms with Crippen LogP contribution in [-0.2, 0) is 20.8 Å². The molecule has 3 fully saturated rings. The third-order valence-electron chi connectivity index (χ3n) is 8.04. The van der Waals surface area contributed by atoms with Gasteiger partial charge in [0.2, 0.25) is 5.91 Å². The smallest absolute Gasteiger partial charge is 0.417 e. The molecule has 41 heavy (non-hydrogen) atoms. The minimum atomic E-state index is -4.90. The number of nitriles is 1. The number of carbonyl (C=O) groups excluding carboxylic acids is 1. The molecule has 3 aliphatic rings. The van der Waals surface area contributed by atoms with Crippen molar-refractivity contribution in [2.45, 2.75) is 73.0 Å². The van der Waals surface area contributed by atoms with E-state index >= 15 is 0 Å². The monoisotopic (exact) mass is 594 g/mol. The number of piperidine rings is 1. The van der Waals surface area contributed by atoms with Crippen LogP contribution in [0.25, 0.3) is 0 Å². The van der Waals surface area contributed by atoms with E-state index in [0.717, 1.165) is 18.2 Å². The summed E-state index contributed by atoms with van der Waals surface area (Å²) >= 11 is 0. The number of halogens is 3. The predicted octanol–water partition coefficient (Wildman–Crippen LogP) is 3.12. The van der Waals surface area contributed by atoms with Crippen molar-refractivity contribution in [2.75, 3.05) is 24.5 Å². The molecule has 220 valence electrons. The van der Waals surface area contributed by atoms with E-state index in [9.17, 15) is 41.5 Å². The summed E-state index contributed by atoms with van der Waals surface area (Å²) in [5.74, 6) is -0.169. The first kappa shape index (κ1) is 28.7. The Hall–Kier alpha value is -3.80. The number of amides is 2. The number of sulfone groups is 1. The molecule has 2 N–H and O–H groups in total. The van der Waals surface area contributed by atoms with Gasteiger partial charge in [0, 0.05) is 25.7 Å². The molecule has 1 aliphatic carbocycles. The Morgan fingerprint density at radius 1 is 1.20 bits per heavy atom. The maximum Gasteiger partial charge on any atom is 0.417 e. The van der Waals surface area contributed by atoms with Crippen LogP contribution < -0.4 is 10.2 Å². The highest BCUT2D eigenvalue weighted by atomic mass is 32.2. The summed E-state index contributed by atoms with van der Waals surface area (Å²) in [4.78, 5) is 26.9. The Bertz CT molecular complexity index is 1510. The minimum absolute atomic E-state index is 0.242. The number of nitrogens with zero attached hydrogens (tertiary/aromatic N) is 5. The van der Waals surface area contributed by atoms with Gasteiger partial charge in [-0.15, -0.1) is 0 Å². The molecule has 2 atom stereocenters. The number of rotatable bonds is 6. The van der Waals surface area contributed by atoms with Crippen molar-refractivity contribution in [3.05, 3.63) is 41.6 Å². The fourth-order valence-electron chi connectivity index (χ4n) is 5.65. The van der Waals surface area contributed by atoms with E-state index in [0.29, 0.717) is 37.2 Å². The molecule has 15 heteroatoms. The summed E-state index contributed by atoms with van der Waals surface area (Å²) in [6, 6.07) is 6.41. The molecule has 1 aromatic heterocycles. The first-order valence-electron chi connectivity index (χ1n) is 13.2. The minimum Gasteiger partial charge on any atom is -0.465 e. The van der Waals surface area contributed by atoms with Gasteiger partial charge in [-0.2, -0.15) is 23.5 Å². The van der Waals surface area contributed by atoms with Crippen molar-refractivity contribution in [1.29, 1.82) is 5.26 Å². The molecule has 3 heterocycles. The number of hydrogen-bond donors (Lipinski definition) is 2. The quantitative estimate of drug-likeness (QED) is 0.518. The lowest BCUT2D eigenvalue weighted by molar-refractivity contribution is -0.139. The third-order valence-corrected chi connectivity index (χ3v) is 10.2. The maximum absolute atomic E-state index is 13.8. The molecule has 2 aromatic rings. The fourth-order valence-corrected chi connectivity index (χ4v) is 7.56. The van der Waals surface area contributed by atoms with Gasteiger partial charge in [0.15, 0.2) is 9.84 Å². The summed E-state index contributed by atoms with van der Waals surface area (Å²) in [5, 5.41) is 24.7. The number of nitrogens with one attached hydrogen (secondary N) is 1. The topological polar surface area (TPSA) is 149 Å². The molecular formula is C26H29F3N6O5S. The van der Waals surface area contributed by atoms with Crippen LogP contribution in [0.1, 0.15) is 49.4 Å². The normalized spacial score (nSPS) is 22.8. The molecule has 2 amide bonds. The number of carbonyl (C=O) groups is 2. The number of aromatic nitrogens is 2. The van der Waals surface area contributed by atoms with Gasteiger partial charge in [-0.05, 0) is 51.2 Å². The van der Waals surface area contributed by atoms with Crippen LogP contribution in [0.15, 0.2) is 35.2 Å². The molecule has 1 aromatic carbocycles. The van der Waals surface area contributed by atoms with Gasteiger partial charge in [-0.1, -0.05) is 12.1 Å². The van der Waals surface area contributed by atoms with Gasteiger partial charge in [0.1, 0.15) is 17.4 Å². The zero-order chi connectivity index (χ0) is 29.7. The van der Waals surface area contributed by atoms with E-state index in [1.54, 1.807) is 22.6 Å². The number of likely N-dealkylation sites (tertiary alicyclic amines) is 1. The van der Waals surface area contributed by atoms with Crippen LogP contribution >= 0.6 is 0 Å². The second-order valence-electron chi connectivity index (χ2n) is 10.8. The standard InChI is InChI=1S/C26H29F3N6O5S/c1-16-12-22(35(32-16)17-6-10-33(11-7-17)24(37)38)34-14-18(13-20(34)23(36)31-25(15-30)8-9-25)41(39,40)21-5-3-2-4-19(21)26(27,28)29/h2-5,12,17-18,20H,6-11,13-14H2,1H3,(H,31,36)(H,37,38)/t18-,20+/m1/s1. The molecule has 0 bridgehead atoms. The van der Waals surface area contributed by atoms with Crippen LogP contribution in [0.4, 0.5) is 23.8 Å². The van der Waals surface area contributed by atoms with Crippen LogP contribution in [0.5, 0.6) is 0 Å². The summed E-state index contributed by atoms with van der Waals surface area (Å²) in [5.41, 5.74) is -1.74. The van der Waals surface area contributed by atoms with Crippen LogP contribution in [0, 0.1) is 18.3 Å². The summed E-state index contributed by atoms with van der Waals surface area (Å²) < 4.78 is 70.3. The SMILES string of the molecule is Cc1cc(N2C[C@H](S(=O)(=O)c3ccccc3C(F)(F)F)C[C@H]2C(=O)NC2(C#N)CC2)n(C2CCN(C(=O)O)CC2)n1. The second kappa shape index (κ2) is 10.2. The Labute approximate surface area is 234 Å². The zero-order valence-electron chi connectivity index (χ0n) is 22.1. The van der Waals surface area contributed by atoms with Crippen LogP contribution in [0.2, 0.25) is 0 Å². The molecular weight excluding hydrogens is 565 g/mol. The Morgan fingerprint density at radius 3 is 2.44 bits per heavy atom. The Kier molecular flexibility index (Phi) is 7.17. The fraction of sp³-hybridized carbons (Fsp3) is 0.538. The molecule has 0 unspecified atom stereocenters. The third kappa shape index (κ3) is 5.44. The van der Waals surface area contributed by atoms with Crippen molar-refractivity contribution >= 4 is 27.7 Å². The van der Waals surface area contributed by atoms with Gasteiger partial charge in [0.25, 0.3) is 0 Å². The maximum atomic E-state index is 13.8. The molecule has 0 spiro atoms. The Morgan fingerprint density at radius 2 is 1.85 bits per heavy atom. The number of hydrogen-bond acceptors (Lipinski definition) is 7. The van der Waals surface area contributed by atoms with E-state index in [-0.39, 0.29) is 32.1 Å². The van der Waals surface area contributed by atoms with Crippen molar-refractivity contribution in [2.24, 2.45) is 0 Å². The van der Waals surface area contributed by atoms with Crippen molar-refractivity contribution in [3.8, 4) is 6.07 Å². The molecule has 0 radical (unpaired) electrons. The van der Waals surface area contributed by atoms with Crippen molar-refractivity contribution in [3.63, 3.8) is 0 Å². The van der Waals surface area contributed by atoms with Crippen molar-refractivity contribution in [1.82, 2.24) is 20.0 Å². The lowest BCUT2D eigenvalue weighted by atomic mass is 10.1.